The average molecular weight is 300 g/mol. The Bertz CT molecular complexity index is 640. The van der Waals surface area contributed by atoms with Crippen LogP contribution in [-0.2, 0) is 0 Å². The van der Waals surface area contributed by atoms with Crippen molar-refractivity contribution in [3.05, 3.63) is 53.7 Å². The van der Waals surface area contributed by atoms with Crippen LogP contribution in [0.15, 0.2) is 42.6 Å². The third kappa shape index (κ3) is 4.76. The number of alkyl halides is 1. The zero-order valence-electron chi connectivity index (χ0n) is 11.9. The van der Waals surface area contributed by atoms with Crippen molar-refractivity contribution in [1.29, 1.82) is 0 Å². The van der Waals surface area contributed by atoms with Crippen LogP contribution in [0.2, 0.25) is 0 Å². The molecule has 2 rings (SSSR count). The molecule has 0 bridgehead atoms. The van der Waals surface area contributed by atoms with E-state index in [4.69, 9.17) is 9.84 Å². The summed E-state index contributed by atoms with van der Waals surface area (Å²) < 4.78 is 17.7. The van der Waals surface area contributed by atoms with Gasteiger partial charge in [-0.15, -0.1) is 0 Å². The number of nitrogens with zero attached hydrogens (tertiary/aromatic N) is 1. The summed E-state index contributed by atoms with van der Waals surface area (Å²) in [5, 5.41) is 18.1. The Morgan fingerprint density at radius 1 is 1.09 bits per heavy atom. The molecule has 0 saturated heterocycles. The van der Waals surface area contributed by atoms with Crippen molar-refractivity contribution >= 4 is 0 Å². The number of pyridine rings is 1. The van der Waals surface area contributed by atoms with Gasteiger partial charge in [-0.25, -0.2) is 4.98 Å². The molecule has 0 aliphatic carbocycles. The van der Waals surface area contributed by atoms with Crippen LogP contribution in [-0.4, -0.2) is 35.1 Å². The molecule has 0 saturated carbocycles. The molecule has 0 spiro atoms. The molecule has 0 radical (unpaired) electrons. The topological polar surface area (TPSA) is 62.6 Å². The third-order valence-electron chi connectivity index (χ3n) is 2.90. The molecular weight excluding hydrogens is 284 g/mol. The Hall–Kier alpha value is -2.58. The number of benzene rings is 1. The Kier molecular flexibility index (Phi) is 5.75. The first-order valence-corrected chi connectivity index (χ1v) is 6.78. The maximum atomic E-state index is 12.4. The van der Waals surface area contributed by atoms with Crippen LogP contribution < -0.4 is 4.74 Å². The smallest absolute Gasteiger partial charge is 0.213 e. The average Bonchev–Trinajstić information content (AvgIpc) is 2.56. The first-order chi connectivity index (χ1) is 10.7. The van der Waals surface area contributed by atoms with Gasteiger partial charge in [0, 0.05) is 29.3 Å². The largest absolute Gasteiger partial charge is 0.508 e. The maximum absolute atomic E-state index is 12.4. The van der Waals surface area contributed by atoms with E-state index in [9.17, 15) is 9.50 Å². The fourth-order valence-corrected chi connectivity index (χ4v) is 1.58. The molecule has 0 aliphatic heterocycles. The predicted molar refractivity (Wildman–Crippen MR) is 80.4 cm³/mol. The minimum atomic E-state index is -0.632. The zero-order chi connectivity index (χ0) is 15.8. The summed E-state index contributed by atoms with van der Waals surface area (Å²) in [5.41, 5.74) is 1.50. The van der Waals surface area contributed by atoms with Crippen molar-refractivity contribution in [1.82, 2.24) is 4.98 Å². The minimum Gasteiger partial charge on any atom is -0.508 e. The maximum Gasteiger partial charge on any atom is 0.213 e. The second-order valence-corrected chi connectivity index (χ2v) is 4.70. The highest BCUT2D eigenvalue weighted by atomic mass is 18.2. The third-order valence-corrected chi connectivity index (χ3v) is 2.90. The number of aliphatic hydroxyl groups is 1. The number of ether oxygens (including phenoxy) is 1. The van der Waals surface area contributed by atoms with E-state index in [0.717, 1.165) is 5.56 Å². The highest BCUT2D eigenvalue weighted by molar-refractivity contribution is 5.43. The number of rotatable bonds is 5. The van der Waals surface area contributed by atoms with Crippen LogP contribution in [0.1, 0.15) is 11.1 Å². The highest BCUT2D eigenvalue weighted by Crippen LogP contribution is 2.10. The van der Waals surface area contributed by atoms with E-state index in [0.29, 0.717) is 11.4 Å². The summed E-state index contributed by atoms with van der Waals surface area (Å²) in [7, 11) is 0. The van der Waals surface area contributed by atoms with Gasteiger partial charge in [-0.2, -0.15) is 0 Å². The van der Waals surface area contributed by atoms with Crippen molar-refractivity contribution < 1.29 is 19.3 Å². The highest BCUT2D eigenvalue weighted by Gasteiger charge is 2.08. The molecule has 22 heavy (non-hydrogen) atoms. The van der Waals surface area contributed by atoms with E-state index in [1.807, 2.05) is 0 Å². The molecule has 1 heterocycles. The van der Waals surface area contributed by atoms with Gasteiger partial charge in [-0.1, -0.05) is 11.8 Å². The number of aromatic nitrogens is 1. The fourth-order valence-electron chi connectivity index (χ4n) is 1.58. The molecule has 0 fully saturated rings. The lowest BCUT2D eigenvalue weighted by molar-refractivity contribution is 0.137. The molecule has 1 aromatic heterocycles. The number of halogens is 1. The van der Waals surface area contributed by atoms with Crippen LogP contribution in [0.25, 0.3) is 0 Å². The SMILES string of the molecule is OCC(C[18F])COc1ccc(C#Cc2ccc(O)cc2)cn1. The first kappa shape index (κ1) is 15.8. The molecule has 2 aromatic rings. The molecule has 4 nitrogen and oxygen atoms in total. The fraction of sp³-hybridized carbons (Fsp3) is 0.235. The summed E-state index contributed by atoms with van der Waals surface area (Å²) in [4.78, 5) is 4.08. The van der Waals surface area contributed by atoms with Crippen molar-refractivity contribution in [2.24, 2.45) is 5.92 Å². The molecule has 5 heteroatoms. The lowest BCUT2D eigenvalue weighted by Crippen LogP contribution is -2.18. The van der Waals surface area contributed by atoms with Gasteiger partial charge in [0.15, 0.2) is 0 Å². The lowest BCUT2D eigenvalue weighted by atomic mass is 10.2. The summed E-state index contributed by atoms with van der Waals surface area (Å²) in [6.45, 7) is -0.808. The molecule has 0 amide bonds. The van der Waals surface area contributed by atoms with Crippen molar-refractivity contribution in [2.45, 2.75) is 0 Å². The van der Waals surface area contributed by atoms with E-state index in [1.54, 1.807) is 42.6 Å². The van der Waals surface area contributed by atoms with Crippen LogP contribution >= 0.6 is 0 Å². The van der Waals surface area contributed by atoms with Gasteiger partial charge >= 0.3 is 0 Å². The van der Waals surface area contributed by atoms with E-state index < -0.39 is 12.6 Å². The standard InChI is InChI=1S/C17H16FNO3/c18-9-15(11-20)12-22-17-8-5-14(10-19-17)2-1-13-3-6-16(21)7-4-13/h3-8,10,15,20-21H,9,11-12H2/i18-1. The number of phenolic OH excluding ortho intramolecular Hbond substituents is 1. The van der Waals surface area contributed by atoms with Gasteiger partial charge in [0.05, 0.1) is 19.9 Å². The van der Waals surface area contributed by atoms with Crippen LogP contribution in [0.4, 0.5) is 4.39 Å². The monoisotopic (exact) mass is 300 g/mol. The summed E-state index contributed by atoms with van der Waals surface area (Å²) in [5.74, 6) is 5.93. The van der Waals surface area contributed by atoms with Gasteiger partial charge in [-0.3, -0.25) is 4.39 Å². The molecule has 1 unspecified atom stereocenters. The van der Waals surface area contributed by atoms with Crippen molar-refractivity contribution in [3.8, 4) is 23.5 Å². The number of aliphatic hydroxyl groups excluding tert-OH is 1. The number of aromatic hydroxyl groups is 1. The summed E-state index contributed by atoms with van der Waals surface area (Å²) >= 11 is 0. The van der Waals surface area contributed by atoms with E-state index >= 15 is 0 Å². The number of hydrogen-bond donors (Lipinski definition) is 2. The molecular formula is C17H16FNO3. The van der Waals surface area contributed by atoms with Crippen LogP contribution in [0.3, 0.4) is 0 Å². The molecule has 0 aliphatic rings. The lowest BCUT2D eigenvalue weighted by Gasteiger charge is -2.10. The second-order valence-electron chi connectivity index (χ2n) is 4.70. The van der Waals surface area contributed by atoms with Gasteiger partial charge in [0.1, 0.15) is 5.75 Å². The first-order valence-electron chi connectivity index (χ1n) is 6.78. The van der Waals surface area contributed by atoms with E-state index in [-0.39, 0.29) is 19.0 Å². The van der Waals surface area contributed by atoms with Crippen LogP contribution in [0.5, 0.6) is 11.6 Å². The van der Waals surface area contributed by atoms with Crippen molar-refractivity contribution in [2.75, 3.05) is 19.9 Å². The van der Waals surface area contributed by atoms with E-state index in [2.05, 4.69) is 16.8 Å². The van der Waals surface area contributed by atoms with Gasteiger partial charge in [-0.05, 0) is 30.3 Å². The Morgan fingerprint density at radius 3 is 2.36 bits per heavy atom. The second kappa shape index (κ2) is 8.01. The normalized spacial score (nSPS) is 11.4. The Labute approximate surface area is 128 Å². The van der Waals surface area contributed by atoms with Gasteiger partial charge < -0.3 is 14.9 Å². The Balaban J connectivity index is 1.96. The summed E-state index contributed by atoms with van der Waals surface area (Å²) in [6.07, 6.45) is 1.56. The quantitative estimate of drug-likeness (QED) is 0.831. The molecule has 1 aromatic carbocycles. The van der Waals surface area contributed by atoms with Gasteiger partial charge in [0.25, 0.3) is 0 Å². The van der Waals surface area contributed by atoms with Crippen molar-refractivity contribution in [3.63, 3.8) is 0 Å². The number of hydrogen-bond acceptors (Lipinski definition) is 4. The summed E-state index contributed by atoms with van der Waals surface area (Å²) in [6, 6.07) is 9.98. The zero-order valence-corrected chi connectivity index (χ0v) is 11.9. The molecule has 2 N–H and O–H groups in total. The predicted octanol–water partition coefficient (Wildman–Crippen LogP) is 2.14. The molecule has 114 valence electrons. The van der Waals surface area contributed by atoms with Gasteiger partial charge in [0.2, 0.25) is 5.88 Å². The van der Waals surface area contributed by atoms with Crippen LogP contribution in [0, 0.1) is 17.8 Å². The Morgan fingerprint density at radius 2 is 1.77 bits per heavy atom. The molecule has 1 atom stereocenters. The van der Waals surface area contributed by atoms with E-state index in [1.165, 1.54) is 0 Å². The number of phenols is 1. The minimum absolute atomic E-state index is 0.0819.